The molecule has 5 rings (SSSR count). The normalized spacial score (nSPS) is 17.8. The molecule has 1 atom stereocenters. The molecule has 0 saturated carbocycles. The third-order valence-corrected chi connectivity index (χ3v) is 6.01. The largest absolute Gasteiger partial charge is 0.508 e. The van der Waals surface area contributed by atoms with Crippen LogP contribution >= 0.6 is 0 Å². The van der Waals surface area contributed by atoms with Crippen molar-refractivity contribution < 1.29 is 14.9 Å². The molecular formula is C27H26N3O2+. The van der Waals surface area contributed by atoms with Gasteiger partial charge >= 0.3 is 0 Å². The van der Waals surface area contributed by atoms with Crippen molar-refractivity contribution in [3.8, 4) is 5.75 Å². The number of nitrogens with zero attached hydrogens (tertiary/aromatic N) is 1. The summed E-state index contributed by atoms with van der Waals surface area (Å²) in [6.45, 7) is 2.54. The van der Waals surface area contributed by atoms with E-state index in [-0.39, 0.29) is 17.7 Å². The summed E-state index contributed by atoms with van der Waals surface area (Å²) in [6, 6.07) is 25.4. The van der Waals surface area contributed by atoms with Crippen molar-refractivity contribution in [3.05, 3.63) is 113 Å². The van der Waals surface area contributed by atoms with E-state index in [1.165, 1.54) is 11.1 Å². The Labute approximate surface area is 187 Å². The van der Waals surface area contributed by atoms with Crippen LogP contribution in [0.5, 0.6) is 5.75 Å². The SMILES string of the molecule is Cc1cccc(CC2NC3=C(Cc4ccccc4)[NH+]=C(c4ccc(O)cc4)CN3C2=O)c1. The molecule has 32 heavy (non-hydrogen) atoms. The van der Waals surface area contributed by atoms with Gasteiger partial charge in [-0.05, 0) is 42.3 Å². The molecule has 2 heterocycles. The van der Waals surface area contributed by atoms with Gasteiger partial charge in [0.2, 0.25) is 11.4 Å². The number of phenolic OH excluding ortho intramolecular Hbond substituents is 1. The number of carbonyl (C=O) groups is 1. The minimum atomic E-state index is -0.293. The second kappa shape index (κ2) is 8.35. The maximum absolute atomic E-state index is 13.4. The first-order valence-corrected chi connectivity index (χ1v) is 10.9. The molecule has 2 aliphatic heterocycles. The fourth-order valence-electron chi connectivity index (χ4n) is 4.42. The number of aryl methyl sites for hydroxylation is 1. The van der Waals surface area contributed by atoms with Crippen molar-refractivity contribution in [3.63, 3.8) is 0 Å². The third-order valence-electron chi connectivity index (χ3n) is 6.01. The first-order chi connectivity index (χ1) is 15.6. The summed E-state index contributed by atoms with van der Waals surface area (Å²) < 4.78 is 0. The van der Waals surface area contributed by atoms with Crippen molar-refractivity contribution in [1.29, 1.82) is 0 Å². The Hall–Kier alpha value is -3.86. The van der Waals surface area contributed by atoms with Crippen molar-refractivity contribution in [2.45, 2.75) is 25.8 Å². The molecule has 3 aromatic carbocycles. The first-order valence-electron chi connectivity index (χ1n) is 10.9. The minimum Gasteiger partial charge on any atom is -0.508 e. The highest BCUT2D eigenvalue weighted by molar-refractivity contribution is 6.02. The van der Waals surface area contributed by atoms with Gasteiger partial charge in [-0.1, -0.05) is 60.2 Å². The summed E-state index contributed by atoms with van der Waals surface area (Å²) in [5.74, 6) is 1.17. The first kappa shape index (κ1) is 20.1. The van der Waals surface area contributed by atoms with Crippen LogP contribution in [-0.4, -0.2) is 34.2 Å². The fraction of sp³-hybridized carbons (Fsp3) is 0.185. The summed E-state index contributed by atoms with van der Waals surface area (Å²) in [5, 5.41) is 13.2. The van der Waals surface area contributed by atoms with Gasteiger partial charge < -0.3 is 10.4 Å². The van der Waals surface area contributed by atoms with Crippen LogP contribution in [0.1, 0.15) is 22.3 Å². The van der Waals surface area contributed by atoms with E-state index in [2.05, 4.69) is 47.6 Å². The van der Waals surface area contributed by atoms with E-state index in [1.54, 1.807) is 12.1 Å². The topological polar surface area (TPSA) is 66.5 Å². The molecule has 1 amide bonds. The molecule has 2 aliphatic rings. The van der Waals surface area contributed by atoms with E-state index in [0.29, 0.717) is 19.4 Å². The average Bonchev–Trinajstić information content (AvgIpc) is 3.11. The Morgan fingerprint density at radius 1 is 1.00 bits per heavy atom. The molecule has 1 fully saturated rings. The van der Waals surface area contributed by atoms with Gasteiger partial charge in [-0.2, -0.15) is 0 Å². The number of amides is 1. The molecule has 1 unspecified atom stereocenters. The number of benzene rings is 3. The lowest BCUT2D eigenvalue weighted by Gasteiger charge is -2.20. The number of aromatic hydroxyl groups is 1. The summed E-state index contributed by atoms with van der Waals surface area (Å²) in [7, 11) is 0. The highest BCUT2D eigenvalue weighted by Crippen LogP contribution is 2.23. The fourth-order valence-corrected chi connectivity index (χ4v) is 4.42. The molecular weight excluding hydrogens is 398 g/mol. The van der Waals surface area contributed by atoms with Crippen molar-refractivity contribution >= 4 is 11.6 Å². The molecule has 5 heteroatoms. The van der Waals surface area contributed by atoms with E-state index in [9.17, 15) is 9.90 Å². The Balaban J connectivity index is 1.49. The standard InChI is InChI=1S/C27H25N3O2/c1-18-6-5-9-20(14-18)16-24-27(32)30-17-25(21-10-12-22(31)13-11-21)28-23(26(30)29-24)15-19-7-3-2-4-8-19/h2-14,24,29,31H,15-17H2,1H3/p+1. The maximum Gasteiger partial charge on any atom is 0.251 e. The lowest BCUT2D eigenvalue weighted by molar-refractivity contribution is -0.406. The van der Waals surface area contributed by atoms with Crippen LogP contribution in [0.15, 0.2) is 90.4 Å². The average molecular weight is 425 g/mol. The zero-order valence-electron chi connectivity index (χ0n) is 18.0. The minimum absolute atomic E-state index is 0.0878. The number of carbonyl (C=O) groups excluding carboxylic acids is 1. The Kier molecular flexibility index (Phi) is 5.23. The van der Waals surface area contributed by atoms with E-state index >= 15 is 0 Å². The molecule has 0 radical (unpaired) electrons. The quantitative estimate of drug-likeness (QED) is 0.587. The van der Waals surface area contributed by atoms with Crippen LogP contribution in [0.3, 0.4) is 0 Å². The van der Waals surface area contributed by atoms with Gasteiger partial charge in [0.25, 0.3) is 5.91 Å². The zero-order valence-corrected chi connectivity index (χ0v) is 18.0. The molecule has 5 nitrogen and oxygen atoms in total. The van der Waals surface area contributed by atoms with Crippen LogP contribution in [-0.2, 0) is 17.6 Å². The molecule has 0 aliphatic carbocycles. The zero-order chi connectivity index (χ0) is 22.1. The van der Waals surface area contributed by atoms with Gasteiger partial charge in [-0.15, -0.1) is 0 Å². The second-order valence-corrected chi connectivity index (χ2v) is 8.45. The van der Waals surface area contributed by atoms with Crippen LogP contribution < -0.4 is 10.3 Å². The number of hydrogen-bond acceptors (Lipinski definition) is 3. The van der Waals surface area contributed by atoms with E-state index in [4.69, 9.17) is 0 Å². The van der Waals surface area contributed by atoms with Gasteiger partial charge in [0.1, 0.15) is 18.3 Å². The predicted molar refractivity (Wildman–Crippen MR) is 124 cm³/mol. The van der Waals surface area contributed by atoms with Gasteiger partial charge in [-0.25, -0.2) is 4.99 Å². The van der Waals surface area contributed by atoms with Gasteiger partial charge in [0, 0.05) is 12.0 Å². The smallest absolute Gasteiger partial charge is 0.251 e. The highest BCUT2D eigenvalue weighted by atomic mass is 16.3. The number of fused-ring (bicyclic) bond motifs is 1. The van der Waals surface area contributed by atoms with Crippen LogP contribution in [0.25, 0.3) is 0 Å². The number of nitrogens with one attached hydrogen (secondary N) is 2. The molecule has 1 saturated heterocycles. The molecule has 160 valence electrons. The van der Waals surface area contributed by atoms with Crippen molar-refractivity contribution in [2.75, 3.05) is 6.54 Å². The lowest BCUT2D eigenvalue weighted by atomic mass is 10.0. The number of rotatable bonds is 5. The number of phenols is 1. The molecule has 0 aromatic heterocycles. The predicted octanol–water partition coefficient (Wildman–Crippen LogP) is 2.04. The van der Waals surface area contributed by atoms with E-state index < -0.39 is 0 Å². The van der Waals surface area contributed by atoms with Gasteiger partial charge in [-0.3, -0.25) is 9.69 Å². The monoisotopic (exact) mass is 424 g/mol. The second-order valence-electron chi connectivity index (χ2n) is 8.45. The lowest BCUT2D eigenvalue weighted by Crippen LogP contribution is -2.76. The summed E-state index contributed by atoms with van der Waals surface area (Å²) in [6.07, 6.45) is 1.33. The molecule has 3 aromatic rings. The van der Waals surface area contributed by atoms with Gasteiger partial charge in [0.15, 0.2) is 5.82 Å². The maximum atomic E-state index is 13.4. The summed E-state index contributed by atoms with van der Waals surface area (Å²) >= 11 is 0. The van der Waals surface area contributed by atoms with E-state index in [1.807, 2.05) is 41.3 Å². The third kappa shape index (κ3) is 4.02. The number of allylic oxidation sites excluding steroid dienone is 1. The summed E-state index contributed by atoms with van der Waals surface area (Å²) in [5.41, 5.74) is 6.40. The van der Waals surface area contributed by atoms with E-state index in [0.717, 1.165) is 28.4 Å². The van der Waals surface area contributed by atoms with Crippen LogP contribution in [0, 0.1) is 6.92 Å². The highest BCUT2D eigenvalue weighted by Gasteiger charge is 2.42. The Morgan fingerprint density at radius 2 is 1.75 bits per heavy atom. The van der Waals surface area contributed by atoms with Crippen LogP contribution in [0.2, 0.25) is 0 Å². The number of hydrogen-bond donors (Lipinski definition) is 3. The van der Waals surface area contributed by atoms with Crippen molar-refractivity contribution in [1.82, 2.24) is 10.2 Å². The Bertz CT molecular complexity index is 1210. The summed E-state index contributed by atoms with van der Waals surface area (Å²) in [4.78, 5) is 18.8. The van der Waals surface area contributed by atoms with Gasteiger partial charge in [0.05, 0.1) is 6.42 Å². The van der Waals surface area contributed by atoms with Crippen molar-refractivity contribution in [2.24, 2.45) is 0 Å². The molecule has 0 spiro atoms. The van der Waals surface area contributed by atoms with Crippen LogP contribution in [0.4, 0.5) is 0 Å². The molecule has 3 N–H and O–H groups in total. The molecule has 0 bridgehead atoms. The Morgan fingerprint density at radius 3 is 2.50 bits per heavy atom.